The Morgan fingerprint density at radius 1 is 1.22 bits per heavy atom. The highest BCUT2D eigenvalue weighted by molar-refractivity contribution is 6.35. The molecule has 6 heteroatoms. The number of hydrogen-bond acceptors (Lipinski definition) is 3. The maximum atomic E-state index is 13.1. The van der Waals surface area contributed by atoms with Crippen LogP contribution in [0.1, 0.15) is 24.4 Å². The molecule has 0 fully saturated rings. The second-order valence-corrected chi connectivity index (χ2v) is 6.31. The number of benzene rings is 2. The highest BCUT2D eigenvalue weighted by Crippen LogP contribution is 2.25. The molecule has 0 radical (unpaired) electrons. The van der Waals surface area contributed by atoms with E-state index >= 15 is 0 Å². The van der Waals surface area contributed by atoms with Gasteiger partial charge < -0.3 is 5.73 Å². The van der Waals surface area contributed by atoms with Gasteiger partial charge >= 0.3 is 0 Å². The van der Waals surface area contributed by atoms with Gasteiger partial charge in [-0.05, 0) is 43.7 Å². The lowest BCUT2D eigenvalue weighted by Gasteiger charge is -2.17. The average molecular weight is 348 g/mol. The Balaban J connectivity index is 2.50. The van der Waals surface area contributed by atoms with E-state index in [-0.39, 0.29) is 5.56 Å². The smallest absolute Gasteiger partial charge is 0.267 e. The fraction of sp³-hybridized carbons (Fsp3) is 0.176. The van der Waals surface area contributed by atoms with Gasteiger partial charge in [0, 0.05) is 5.02 Å². The molecule has 0 aliphatic carbocycles. The van der Waals surface area contributed by atoms with Crippen LogP contribution < -0.4 is 11.3 Å². The molecule has 0 aliphatic rings. The fourth-order valence-electron chi connectivity index (χ4n) is 2.57. The van der Waals surface area contributed by atoms with Crippen LogP contribution in [0.5, 0.6) is 0 Å². The van der Waals surface area contributed by atoms with Crippen LogP contribution >= 0.6 is 23.2 Å². The zero-order valence-corrected chi connectivity index (χ0v) is 14.2. The van der Waals surface area contributed by atoms with Crippen molar-refractivity contribution in [2.45, 2.75) is 19.9 Å². The van der Waals surface area contributed by atoms with Crippen molar-refractivity contribution in [3.05, 3.63) is 68.2 Å². The zero-order valence-electron chi connectivity index (χ0n) is 12.7. The number of nitrogens with two attached hydrogens (primary N) is 1. The van der Waals surface area contributed by atoms with E-state index in [4.69, 9.17) is 28.9 Å². The molecule has 0 aliphatic heterocycles. The number of aryl methyl sites for hydroxylation is 1. The van der Waals surface area contributed by atoms with Gasteiger partial charge in [0.2, 0.25) is 0 Å². The van der Waals surface area contributed by atoms with Gasteiger partial charge in [-0.2, -0.15) is 0 Å². The summed E-state index contributed by atoms with van der Waals surface area (Å²) >= 11 is 12.3. The van der Waals surface area contributed by atoms with Crippen molar-refractivity contribution >= 4 is 34.1 Å². The van der Waals surface area contributed by atoms with E-state index < -0.39 is 6.04 Å². The zero-order chi connectivity index (χ0) is 16.7. The van der Waals surface area contributed by atoms with E-state index in [0.29, 0.717) is 32.5 Å². The summed E-state index contributed by atoms with van der Waals surface area (Å²) in [6.45, 7) is 3.67. The van der Waals surface area contributed by atoms with Crippen LogP contribution in [-0.2, 0) is 0 Å². The normalized spacial score (nSPS) is 12.6. The Kier molecular flexibility index (Phi) is 4.15. The highest BCUT2D eigenvalue weighted by Gasteiger charge is 2.18. The molecule has 3 rings (SSSR count). The molecular weight excluding hydrogens is 333 g/mol. The number of rotatable bonds is 2. The highest BCUT2D eigenvalue weighted by atomic mass is 35.5. The summed E-state index contributed by atoms with van der Waals surface area (Å²) in [7, 11) is 0. The summed E-state index contributed by atoms with van der Waals surface area (Å²) in [4.78, 5) is 17.7. The van der Waals surface area contributed by atoms with E-state index in [1.54, 1.807) is 37.3 Å². The van der Waals surface area contributed by atoms with Crippen LogP contribution in [0.3, 0.4) is 0 Å². The summed E-state index contributed by atoms with van der Waals surface area (Å²) in [6.07, 6.45) is 0. The van der Waals surface area contributed by atoms with Crippen LogP contribution in [0.2, 0.25) is 10.0 Å². The topological polar surface area (TPSA) is 60.9 Å². The van der Waals surface area contributed by atoms with Gasteiger partial charge in [-0.1, -0.05) is 35.3 Å². The third kappa shape index (κ3) is 2.74. The second-order valence-electron chi connectivity index (χ2n) is 5.47. The Morgan fingerprint density at radius 2 is 1.96 bits per heavy atom. The lowest BCUT2D eigenvalue weighted by Crippen LogP contribution is -2.27. The van der Waals surface area contributed by atoms with Crippen molar-refractivity contribution in [2.24, 2.45) is 5.73 Å². The second kappa shape index (κ2) is 5.96. The Hall–Kier alpha value is -1.88. The lowest BCUT2D eigenvalue weighted by atomic mass is 10.1. The van der Waals surface area contributed by atoms with Crippen molar-refractivity contribution < 1.29 is 0 Å². The van der Waals surface area contributed by atoms with Crippen LogP contribution in [0.15, 0.2) is 41.2 Å². The lowest BCUT2D eigenvalue weighted by molar-refractivity contribution is 0.696. The van der Waals surface area contributed by atoms with Crippen LogP contribution in [-0.4, -0.2) is 9.55 Å². The molecule has 4 nitrogen and oxygen atoms in total. The molecule has 0 bridgehead atoms. The molecule has 1 heterocycles. The monoisotopic (exact) mass is 347 g/mol. The van der Waals surface area contributed by atoms with E-state index in [2.05, 4.69) is 4.98 Å². The average Bonchev–Trinajstić information content (AvgIpc) is 2.50. The molecule has 1 atom stereocenters. The standard InChI is InChI=1S/C17H15Cl2N3O/c1-9-6-7-13(19)14-15(9)21-16(10(2)20)22(17(14)23)12-5-3-4-11(18)8-12/h3-8,10H,20H2,1-2H3. The van der Waals surface area contributed by atoms with Gasteiger partial charge in [0.15, 0.2) is 0 Å². The first-order valence-electron chi connectivity index (χ1n) is 7.13. The summed E-state index contributed by atoms with van der Waals surface area (Å²) in [5.41, 5.74) is 7.86. The predicted molar refractivity (Wildman–Crippen MR) is 94.7 cm³/mol. The number of nitrogens with zero attached hydrogens (tertiary/aromatic N) is 2. The van der Waals surface area contributed by atoms with E-state index in [1.165, 1.54) is 4.57 Å². The van der Waals surface area contributed by atoms with Gasteiger partial charge in [-0.15, -0.1) is 0 Å². The molecule has 0 spiro atoms. The minimum absolute atomic E-state index is 0.252. The van der Waals surface area contributed by atoms with Crippen LogP contribution in [0.4, 0.5) is 0 Å². The van der Waals surface area contributed by atoms with Crippen molar-refractivity contribution in [1.82, 2.24) is 9.55 Å². The molecule has 118 valence electrons. The largest absolute Gasteiger partial charge is 0.322 e. The van der Waals surface area contributed by atoms with E-state index in [0.717, 1.165) is 5.56 Å². The SMILES string of the molecule is Cc1ccc(Cl)c2c(=O)n(-c3cccc(Cl)c3)c(C(C)N)nc12. The summed E-state index contributed by atoms with van der Waals surface area (Å²) in [5, 5.41) is 1.28. The minimum atomic E-state index is -0.426. The minimum Gasteiger partial charge on any atom is -0.322 e. The maximum Gasteiger partial charge on any atom is 0.267 e. The molecule has 0 saturated carbocycles. The van der Waals surface area contributed by atoms with Crippen LogP contribution in [0.25, 0.3) is 16.6 Å². The first-order chi connectivity index (χ1) is 10.9. The third-order valence-electron chi connectivity index (χ3n) is 3.67. The Morgan fingerprint density at radius 3 is 2.61 bits per heavy atom. The summed E-state index contributed by atoms with van der Waals surface area (Å²) in [5.74, 6) is 0.468. The van der Waals surface area contributed by atoms with Crippen molar-refractivity contribution in [3.8, 4) is 5.69 Å². The van der Waals surface area contributed by atoms with Gasteiger partial charge in [0.05, 0.1) is 27.7 Å². The molecule has 2 N–H and O–H groups in total. The number of halogens is 2. The Bertz CT molecular complexity index is 964. The van der Waals surface area contributed by atoms with Gasteiger partial charge in [-0.25, -0.2) is 4.98 Å². The summed E-state index contributed by atoms with van der Waals surface area (Å²) < 4.78 is 1.48. The first-order valence-corrected chi connectivity index (χ1v) is 7.89. The van der Waals surface area contributed by atoms with Gasteiger partial charge in [0.25, 0.3) is 5.56 Å². The number of aromatic nitrogens is 2. The van der Waals surface area contributed by atoms with E-state index in [9.17, 15) is 4.79 Å². The van der Waals surface area contributed by atoms with Gasteiger partial charge in [-0.3, -0.25) is 9.36 Å². The molecular formula is C17H15Cl2N3O. The molecule has 0 amide bonds. The van der Waals surface area contributed by atoms with Crippen LogP contribution in [0, 0.1) is 6.92 Å². The molecule has 2 aromatic carbocycles. The molecule has 1 aromatic heterocycles. The quantitative estimate of drug-likeness (QED) is 0.761. The number of hydrogen-bond donors (Lipinski definition) is 1. The summed E-state index contributed by atoms with van der Waals surface area (Å²) in [6, 6.07) is 10.1. The Labute approximate surface area is 143 Å². The van der Waals surface area contributed by atoms with Crippen molar-refractivity contribution in [2.75, 3.05) is 0 Å². The molecule has 0 saturated heterocycles. The van der Waals surface area contributed by atoms with Crippen molar-refractivity contribution in [3.63, 3.8) is 0 Å². The molecule has 3 aromatic rings. The van der Waals surface area contributed by atoms with E-state index in [1.807, 2.05) is 13.0 Å². The number of fused-ring (bicyclic) bond motifs is 1. The predicted octanol–water partition coefficient (Wildman–Crippen LogP) is 4.02. The molecule has 23 heavy (non-hydrogen) atoms. The first kappa shape index (κ1) is 16.0. The maximum absolute atomic E-state index is 13.1. The van der Waals surface area contributed by atoms with Gasteiger partial charge in [0.1, 0.15) is 5.82 Å². The molecule has 1 unspecified atom stereocenters. The van der Waals surface area contributed by atoms with Crippen molar-refractivity contribution in [1.29, 1.82) is 0 Å². The fourth-order valence-corrected chi connectivity index (χ4v) is 2.99. The third-order valence-corrected chi connectivity index (χ3v) is 4.22.